The van der Waals surface area contributed by atoms with Crippen LogP contribution in [0.4, 0.5) is 0 Å². The van der Waals surface area contributed by atoms with Gasteiger partial charge in [0, 0.05) is 12.6 Å². The number of benzene rings is 1. The molecule has 96 valence electrons. The fraction of sp³-hybridized carbons (Fsp3) is 0.500. The van der Waals surface area contributed by atoms with Crippen molar-refractivity contribution < 1.29 is 15.0 Å². The van der Waals surface area contributed by atoms with Crippen molar-refractivity contribution in [2.75, 3.05) is 6.54 Å². The lowest BCUT2D eigenvalue weighted by molar-refractivity contribution is 0.0940. The number of phenols is 2. The van der Waals surface area contributed by atoms with E-state index in [-0.39, 0.29) is 23.0 Å². The molecule has 4 heteroatoms. The molecule has 0 atom stereocenters. The van der Waals surface area contributed by atoms with Gasteiger partial charge >= 0.3 is 0 Å². The van der Waals surface area contributed by atoms with Crippen LogP contribution in [0.2, 0.25) is 0 Å². The van der Waals surface area contributed by atoms with Crippen LogP contribution in [0.5, 0.6) is 11.5 Å². The summed E-state index contributed by atoms with van der Waals surface area (Å²) in [6.45, 7) is 0.705. The number of carbonyl (C=O) groups excluding carboxylic acids is 1. The van der Waals surface area contributed by atoms with Gasteiger partial charge in [-0.1, -0.05) is 0 Å². The highest BCUT2D eigenvalue weighted by Gasteiger charge is 2.53. The van der Waals surface area contributed by atoms with Crippen molar-refractivity contribution >= 4 is 5.91 Å². The fourth-order valence-corrected chi connectivity index (χ4v) is 2.65. The summed E-state index contributed by atoms with van der Waals surface area (Å²) < 4.78 is 0. The topological polar surface area (TPSA) is 69.6 Å². The Bertz CT molecular complexity index is 490. The summed E-state index contributed by atoms with van der Waals surface area (Å²) in [5.41, 5.74) is 0.571. The van der Waals surface area contributed by atoms with Crippen molar-refractivity contribution in [1.29, 1.82) is 0 Å². The molecule has 2 aliphatic rings. The zero-order valence-electron chi connectivity index (χ0n) is 10.1. The van der Waals surface area contributed by atoms with Crippen LogP contribution < -0.4 is 5.32 Å². The van der Waals surface area contributed by atoms with Gasteiger partial charge < -0.3 is 15.5 Å². The van der Waals surface area contributed by atoms with Gasteiger partial charge in [-0.2, -0.15) is 0 Å². The van der Waals surface area contributed by atoms with E-state index in [1.165, 1.54) is 43.9 Å². The number of phenolic OH excluding ortho intramolecular Hbond substituents is 2. The summed E-state index contributed by atoms with van der Waals surface area (Å²) in [6.07, 6.45) is 5.00. The van der Waals surface area contributed by atoms with Gasteiger partial charge in [-0.05, 0) is 49.1 Å². The third-order valence-electron chi connectivity index (χ3n) is 4.16. The summed E-state index contributed by atoms with van der Waals surface area (Å²) in [5, 5.41) is 21.7. The van der Waals surface area contributed by atoms with Gasteiger partial charge in [0.2, 0.25) is 0 Å². The molecule has 0 spiro atoms. The summed E-state index contributed by atoms with van der Waals surface area (Å²) in [7, 11) is 0. The van der Waals surface area contributed by atoms with Crippen molar-refractivity contribution in [3.8, 4) is 11.5 Å². The monoisotopic (exact) mass is 247 g/mol. The maximum Gasteiger partial charge on any atom is 0.255 e. The Morgan fingerprint density at radius 2 is 2.06 bits per heavy atom. The number of rotatable bonds is 4. The molecule has 1 aromatic carbocycles. The number of aromatic hydroxyl groups is 2. The Labute approximate surface area is 106 Å². The third kappa shape index (κ3) is 2.03. The van der Waals surface area contributed by atoms with Crippen LogP contribution in [0.15, 0.2) is 18.2 Å². The molecule has 2 aliphatic carbocycles. The second-order valence-corrected chi connectivity index (χ2v) is 5.52. The Morgan fingerprint density at radius 1 is 1.33 bits per heavy atom. The molecule has 0 saturated heterocycles. The van der Waals surface area contributed by atoms with Gasteiger partial charge in [0.1, 0.15) is 11.5 Å². The first kappa shape index (κ1) is 11.4. The zero-order valence-corrected chi connectivity index (χ0v) is 10.1. The molecule has 3 rings (SSSR count). The van der Waals surface area contributed by atoms with Gasteiger partial charge in [-0.25, -0.2) is 0 Å². The SMILES string of the molecule is O=C(NCC1(C2CC2)CC1)c1ccc(O)cc1O. The third-order valence-corrected chi connectivity index (χ3v) is 4.16. The predicted molar refractivity (Wildman–Crippen MR) is 66.5 cm³/mol. The second kappa shape index (κ2) is 3.90. The van der Waals surface area contributed by atoms with Crippen molar-refractivity contribution in [3.63, 3.8) is 0 Å². The fourth-order valence-electron chi connectivity index (χ4n) is 2.65. The molecule has 1 aromatic rings. The minimum atomic E-state index is -0.264. The highest BCUT2D eigenvalue weighted by Crippen LogP contribution is 2.60. The smallest absolute Gasteiger partial charge is 0.255 e. The molecule has 1 amide bonds. The molecule has 0 heterocycles. The molecule has 0 aliphatic heterocycles. The average molecular weight is 247 g/mol. The standard InChI is InChI=1S/C14H17NO3/c16-10-3-4-11(12(17)7-10)13(18)15-8-14(5-6-14)9-1-2-9/h3-4,7,9,16-17H,1-2,5-6,8H2,(H,15,18). The number of hydrogen-bond acceptors (Lipinski definition) is 3. The summed E-state index contributed by atoms with van der Waals surface area (Å²) in [6, 6.07) is 4.03. The molecule has 2 fully saturated rings. The molecule has 4 nitrogen and oxygen atoms in total. The molecular weight excluding hydrogens is 230 g/mol. The number of nitrogens with one attached hydrogen (secondary N) is 1. The largest absolute Gasteiger partial charge is 0.508 e. The molecule has 0 unspecified atom stereocenters. The van der Waals surface area contributed by atoms with Crippen LogP contribution in [0.3, 0.4) is 0 Å². The van der Waals surface area contributed by atoms with Crippen LogP contribution in [0.1, 0.15) is 36.0 Å². The van der Waals surface area contributed by atoms with Crippen molar-refractivity contribution in [3.05, 3.63) is 23.8 Å². The highest BCUT2D eigenvalue weighted by molar-refractivity contribution is 5.97. The first-order chi connectivity index (χ1) is 8.61. The van der Waals surface area contributed by atoms with E-state index in [1.54, 1.807) is 0 Å². The van der Waals surface area contributed by atoms with Crippen LogP contribution in [0, 0.1) is 11.3 Å². The highest BCUT2D eigenvalue weighted by atomic mass is 16.3. The first-order valence-corrected chi connectivity index (χ1v) is 6.41. The van der Waals surface area contributed by atoms with Crippen LogP contribution in [-0.2, 0) is 0 Å². The van der Waals surface area contributed by atoms with Crippen LogP contribution in [0.25, 0.3) is 0 Å². The molecule has 2 saturated carbocycles. The number of carbonyl (C=O) groups is 1. The Balaban J connectivity index is 1.64. The van der Waals surface area contributed by atoms with E-state index in [2.05, 4.69) is 5.32 Å². The Morgan fingerprint density at radius 3 is 2.61 bits per heavy atom. The van der Waals surface area contributed by atoms with E-state index in [0.717, 1.165) is 5.92 Å². The number of hydrogen-bond donors (Lipinski definition) is 3. The lowest BCUT2D eigenvalue weighted by Gasteiger charge is -2.15. The van der Waals surface area contributed by atoms with Crippen molar-refractivity contribution in [1.82, 2.24) is 5.32 Å². The molecule has 18 heavy (non-hydrogen) atoms. The van der Waals surface area contributed by atoms with E-state index >= 15 is 0 Å². The van der Waals surface area contributed by atoms with Gasteiger partial charge in [0.05, 0.1) is 5.56 Å². The summed E-state index contributed by atoms with van der Waals surface area (Å²) in [5.74, 6) is 0.315. The minimum absolute atomic E-state index is 0.0410. The first-order valence-electron chi connectivity index (χ1n) is 6.41. The minimum Gasteiger partial charge on any atom is -0.508 e. The summed E-state index contributed by atoms with van der Waals surface area (Å²) >= 11 is 0. The lowest BCUT2D eigenvalue weighted by Crippen LogP contribution is -2.31. The lowest BCUT2D eigenvalue weighted by atomic mass is 10.0. The normalized spacial score (nSPS) is 20.4. The van der Waals surface area contributed by atoms with Crippen molar-refractivity contribution in [2.24, 2.45) is 11.3 Å². The van der Waals surface area contributed by atoms with E-state index in [9.17, 15) is 15.0 Å². The van der Waals surface area contributed by atoms with Crippen LogP contribution >= 0.6 is 0 Å². The molecule has 3 N–H and O–H groups in total. The molecule has 0 radical (unpaired) electrons. The van der Waals surface area contributed by atoms with Gasteiger partial charge in [0.25, 0.3) is 5.91 Å². The van der Waals surface area contributed by atoms with Gasteiger partial charge in [-0.3, -0.25) is 4.79 Å². The predicted octanol–water partition coefficient (Wildman–Crippen LogP) is 2.02. The maximum atomic E-state index is 11.9. The number of amides is 1. The summed E-state index contributed by atoms with van der Waals surface area (Å²) in [4.78, 5) is 11.9. The molecular formula is C14H17NO3. The van der Waals surface area contributed by atoms with Crippen LogP contribution in [-0.4, -0.2) is 22.7 Å². The van der Waals surface area contributed by atoms with E-state index in [0.29, 0.717) is 12.0 Å². The van der Waals surface area contributed by atoms with E-state index < -0.39 is 0 Å². The molecule has 0 aromatic heterocycles. The molecule has 0 bridgehead atoms. The maximum absolute atomic E-state index is 11.9. The Kier molecular flexibility index (Phi) is 2.47. The van der Waals surface area contributed by atoms with E-state index in [4.69, 9.17) is 0 Å². The van der Waals surface area contributed by atoms with Gasteiger partial charge in [-0.15, -0.1) is 0 Å². The second-order valence-electron chi connectivity index (χ2n) is 5.52. The zero-order chi connectivity index (χ0) is 12.8. The Hall–Kier alpha value is -1.71. The average Bonchev–Trinajstić information content (AvgIpc) is 3.17. The van der Waals surface area contributed by atoms with Crippen molar-refractivity contribution in [2.45, 2.75) is 25.7 Å². The van der Waals surface area contributed by atoms with E-state index in [1.807, 2.05) is 0 Å². The quantitative estimate of drug-likeness (QED) is 0.762. The van der Waals surface area contributed by atoms with Gasteiger partial charge in [0.15, 0.2) is 0 Å².